The van der Waals surface area contributed by atoms with E-state index in [-0.39, 0.29) is 31.1 Å². The van der Waals surface area contributed by atoms with E-state index in [2.05, 4.69) is 5.32 Å². The molecule has 1 aliphatic carbocycles. The second-order valence-electron chi connectivity index (χ2n) is 6.62. The molecule has 0 saturated heterocycles. The van der Waals surface area contributed by atoms with Gasteiger partial charge in [0.2, 0.25) is 5.91 Å². The second kappa shape index (κ2) is 11.1. The Labute approximate surface area is 166 Å². The summed E-state index contributed by atoms with van der Waals surface area (Å²) in [5.74, 6) is 0.115. The number of hydrogen-bond acceptors (Lipinski definition) is 4. The quantitative estimate of drug-likeness (QED) is 0.687. The topological polar surface area (TPSA) is 67.9 Å². The van der Waals surface area contributed by atoms with Crippen molar-refractivity contribution in [1.82, 2.24) is 4.90 Å². The number of anilines is 1. The minimum absolute atomic E-state index is 0.0406. The molecule has 150 valence electrons. The lowest BCUT2D eigenvalue weighted by Gasteiger charge is -2.21. The van der Waals surface area contributed by atoms with Crippen LogP contribution in [0.4, 0.5) is 5.69 Å². The van der Waals surface area contributed by atoms with Gasteiger partial charge < -0.3 is 19.7 Å². The summed E-state index contributed by atoms with van der Waals surface area (Å²) in [4.78, 5) is 25.7. The van der Waals surface area contributed by atoms with E-state index in [4.69, 9.17) is 21.1 Å². The molecule has 0 aromatic heterocycles. The van der Waals surface area contributed by atoms with Gasteiger partial charge in [-0.2, -0.15) is 0 Å². The fraction of sp³-hybridized carbons (Fsp3) is 0.600. The van der Waals surface area contributed by atoms with Gasteiger partial charge in [0.15, 0.2) is 6.61 Å². The van der Waals surface area contributed by atoms with E-state index in [0.717, 1.165) is 12.8 Å². The first-order chi connectivity index (χ1) is 13.0. The molecule has 0 unspecified atom stereocenters. The minimum Gasteiger partial charge on any atom is -0.482 e. The van der Waals surface area contributed by atoms with Crippen LogP contribution in [-0.2, 0) is 14.3 Å². The average Bonchev–Trinajstić information content (AvgIpc) is 2.67. The summed E-state index contributed by atoms with van der Waals surface area (Å²) in [7, 11) is 0. The standard InChI is InChI=1S/C20H29ClN2O4/c1-3-23(4-2)20(25)14-27-18-11-10-15(12-17(18)21)22-19(24)13-26-16-8-6-5-7-9-16/h10-12,16H,3-9,13-14H2,1-2H3,(H,22,24). The van der Waals surface area contributed by atoms with Crippen LogP contribution in [0.5, 0.6) is 5.75 Å². The molecule has 27 heavy (non-hydrogen) atoms. The van der Waals surface area contributed by atoms with Crippen molar-refractivity contribution in [2.45, 2.75) is 52.1 Å². The van der Waals surface area contributed by atoms with Crippen LogP contribution < -0.4 is 10.1 Å². The number of likely N-dealkylation sites (N-methyl/N-ethyl adjacent to an activating group) is 1. The Hall–Kier alpha value is -1.79. The van der Waals surface area contributed by atoms with Crippen LogP contribution in [0.15, 0.2) is 18.2 Å². The highest BCUT2D eigenvalue weighted by atomic mass is 35.5. The van der Waals surface area contributed by atoms with Gasteiger partial charge in [0.05, 0.1) is 11.1 Å². The largest absolute Gasteiger partial charge is 0.482 e. The molecule has 0 bridgehead atoms. The van der Waals surface area contributed by atoms with Crippen LogP contribution in [0.2, 0.25) is 5.02 Å². The van der Waals surface area contributed by atoms with E-state index >= 15 is 0 Å². The molecular formula is C20H29ClN2O4. The predicted octanol–water partition coefficient (Wildman–Crippen LogP) is 3.88. The lowest BCUT2D eigenvalue weighted by Crippen LogP contribution is -2.34. The normalized spacial score (nSPS) is 14.6. The number of amides is 2. The Balaban J connectivity index is 1.80. The van der Waals surface area contributed by atoms with Gasteiger partial charge in [-0.25, -0.2) is 0 Å². The number of benzene rings is 1. The van der Waals surface area contributed by atoms with Crippen LogP contribution in [0.1, 0.15) is 46.0 Å². The van der Waals surface area contributed by atoms with Gasteiger partial charge in [-0.15, -0.1) is 0 Å². The highest BCUT2D eigenvalue weighted by Gasteiger charge is 2.16. The van der Waals surface area contributed by atoms with E-state index in [0.29, 0.717) is 29.5 Å². The maximum atomic E-state index is 12.0. The van der Waals surface area contributed by atoms with Gasteiger partial charge in [-0.1, -0.05) is 30.9 Å². The minimum atomic E-state index is -0.206. The average molecular weight is 397 g/mol. The molecule has 0 radical (unpaired) electrons. The maximum absolute atomic E-state index is 12.0. The third-order valence-electron chi connectivity index (χ3n) is 4.69. The number of nitrogens with zero attached hydrogens (tertiary/aromatic N) is 1. The van der Waals surface area contributed by atoms with Gasteiger partial charge in [-0.05, 0) is 44.9 Å². The molecule has 0 spiro atoms. The number of carbonyl (C=O) groups excluding carboxylic acids is 2. The fourth-order valence-corrected chi connectivity index (χ4v) is 3.36. The highest BCUT2D eigenvalue weighted by Crippen LogP contribution is 2.28. The lowest BCUT2D eigenvalue weighted by atomic mass is 9.98. The number of ether oxygens (including phenoxy) is 2. The predicted molar refractivity (Wildman–Crippen MR) is 106 cm³/mol. The first-order valence-electron chi connectivity index (χ1n) is 9.65. The molecular weight excluding hydrogens is 368 g/mol. The highest BCUT2D eigenvalue weighted by molar-refractivity contribution is 6.32. The summed E-state index contributed by atoms with van der Waals surface area (Å²) >= 11 is 6.21. The second-order valence-corrected chi connectivity index (χ2v) is 7.03. The maximum Gasteiger partial charge on any atom is 0.260 e. The van der Waals surface area contributed by atoms with Crippen molar-refractivity contribution in [3.63, 3.8) is 0 Å². The van der Waals surface area contributed by atoms with Crippen molar-refractivity contribution >= 4 is 29.1 Å². The van der Waals surface area contributed by atoms with Gasteiger partial charge in [0.25, 0.3) is 5.91 Å². The Kier molecular flexibility index (Phi) is 8.88. The molecule has 6 nitrogen and oxygen atoms in total. The number of nitrogens with one attached hydrogen (secondary N) is 1. The number of rotatable bonds is 9. The van der Waals surface area contributed by atoms with E-state index in [1.807, 2.05) is 13.8 Å². The summed E-state index contributed by atoms with van der Waals surface area (Å²) in [5.41, 5.74) is 0.569. The molecule has 1 aromatic carbocycles. The fourth-order valence-electron chi connectivity index (χ4n) is 3.13. The van der Waals surface area contributed by atoms with Crippen molar-refractivity contribution < 1.29 is 19.1 Å². The summed E-state index contributed by atoms with van der Waals surface area (Å²) in [5, 5.41) is 3.11. The first kappa shape index (κ1) is 21.5. The molecule has 1 N–H and O–H groups in total. The van der Waals surface area contributed by atoms with Crippen molar-refractivity contribution in [3.8, 4) is 5.75 Å². The molecule has 1 fully saturated rings. The summed E-state index contributed by atoms with van der Waals surface area (Å²) in [6.45, 7) is 5.09. The Morgan fingerprint density at radius 1 is 1.15 bits per heavy atom. The molecule has 0 aliphatic heterocycles. The molecule has 2 amide bonds. The third-order valence-corrected chi connectivity index (χ3v) is 4.98. The molecule has 7 heteroatoms. The van der Waals surface area contributed by atoms with Crippen LogP contribution in [0.3, 0.4) is 0 Å². The van der Waals surface area contributed by atoms with Crippen LogP contribution in [0, 0.1) is 0 Å². The van der Waals surface area contributed by atoms with Crippen molar-refractivity contribution in [2.75, 3.05) is 31.6 Å². The van der Waals surface area contributed by atoms with Crippen molar-refractivity contribution in [2.24, 2.45) is 0 Å². The SMILES string of the molecule is CCN(CC)C(=O)COc1ccc(NC(=O)COC2CCCCC2)cc1Cl. The summed E-state index contributed by atoms with van der Waals surface area (Å²) < 4.78 is 11.2. The zero-order valence-corrected chi connectivity index (χ0v) is 16.9. The van der Waals surface area contributed by atoms with Crippen LogP contribution >= 0.6 is 11.6 Å². The molecule has 1 aliphatic rings. The van der Waals surface area contributed by atoms with E-state index < -0.39 is 0 Å². The number of hydrogen-bond donors (Lipinski definition) is 1. The van der Waals surface area contributed by atoms with Gasteiger partial charge >= 0.3 is 0 Å². The molecule has 0 heterocycles. The Morgan fingerprint density at radius 2 is 1.85 bits per heavy atom. The summed E-state index contributed by atoms with van der Waals surface area (Å²) in [6.07, 6.45) is 5.82. The first-order valence-corrected chi connectivity index (χ1v) is 10.0. The van der Waals surface area contributed by atoms with Crippen molar-refractivity contribution in [1.29, 1.82) is 0 Å². The Bertz CT molecular complexity index is 628. The van der Waals surface area contributed by atoms with Crippen LogP contribution in [0.25, 0.3) is 0 Å². The van der Waals surface area contributed by atoms with Gasteiger partial charge in [-0.3, -0.25) is 9.59 Å². The van der Waals surface area contributed by atoms with E-state index in [9.17, 15) is 9.59 Å². The number of carbonyl (C=O) groups is 2. The zero-order valence-electron chi connectivity index (χ0n) is 16.1. The van der Waals surface area contributed by atoms with Crippen LogP contribution in [-0.4, -0.2) is 49.1 Å². The van der Waals surface area contributed by atoms with Crippen molar-refractivity contribution in [3.05, 3.63) is 23.2 Å². The third kappa shape index (κ3) is 7.03. The van der Waals surface area contributed by atoms with Gasteiger partial charge in [0, 0.05) is 18.8 Å². The lowest BCUT2D eigenvalue weighted by molar-refractivity contribution is -0.133. The van der Waals surface area contributed by atoms with Gasteiger partial charge in [0.1, 0.15) is 12.4 Å². The molecule has 0 atom stereocenters. The molecule has 1 saturated carbocycles. The Morgan fingerprint density at radius 3 is 2.48 bits per heavy atom. The van der Waals surface area contributed by atoms with E-state index in [1.165, 1.54) is 19.3 Å². The monoisotopic (exact) mass is 396 g/mol. The zero-order chi connectivity index (χ0) is 19.6. The summed E-state index contributed by atoms with van der Waals surface area (Å²) in [6, 6.07) is 4.95. The smallest absolute Gasteiger partial charge is 0.260 e. The van der Waals surface area contributed by atoms with E-state index in [1.54, 1.807) is 23.1 Å². The molecule has 1 aromatic rings. The molecule has 2 rings (SSSR count). The number of halogens is 1.